The summed E-state index contributed by atoms with van der Waals surface area (Å²) in [6.45, 7) is 1.23. The number of carbonyl (C=O) groups is 1. The van der Waals surface area contributed by atoms with Gasteiger partial charge in [-0.2, -0.15) is 33.7 Å². The van der Waals surface area contributed by atoms with Gasteiger partial charge in [0.1, 0.15) is 0 Å². The van der Waals surface area contributed by atoms with Crippen LogP contribution in [0.1, 0.15) is 39.0 Å². The molecule has 0 aliphatic rings. The van der Waals surface area contributed by atoms with E-state index in [4.69, 9.17) is 4.55 Å². The maximum atomic E-state index is 11.4. The van der Waals surface area contributed by atoms with Crippen molar-refractivity contribution in [3.8, 4) is 0 Å². The smallest absolute Gasteiger partial charge is 0.285 e. The molecule has 18 heavy (non-hydrogen) atoms. The quantitative estimate of drug-likeness (QED) is 0.295. The van der Waals surface area contributed by atoms with Gasteiger partial charge in [-0.15, -0.1) is 0 Å². The molecule has 0 fully saturated rings. The Morgan fingerprint density at radius 2 is 1.94 bits per heavy atom. The first kappa shape index (κ1) is 18.1. The summed E-state index contributed by atoms with van der Waals surface area (Å²) < 4.78 is 30.0. The second-order valence-corrected chi connectivity index (χ2v) is 7.05. The highest BCUT2D eigenvalue weighted by Crippen LogP contribution is 2.12. The maximum Gasteiger partial charge on any atom is 0.285 e. The zero-order valence-electron chi connectivity index (χ0n) is 10.4. The number of thiol groups is 2. The van der Waals surface area contributed by atoms with Crippen molar-refractivity contribution in [2.24, 2.45) is 0 Å². The fourth-order valence-corrected chi connectivity index (χ4v) is 2.44. The zero-order valence-corrected chi connectivity index (χ0v) is 13.0. The van der Waals surface area contributed by atoms with Crippen LogP contribution in [0.4, 0.5) is 0 Å². The fourth-order valence-electron chi connectivity index (χ4n) is 1.33. The molecule has 0 spiro atoms. The molecule has 2 N–H and O–H groups in total. The third-order valence-corrected chi connectivity index (χ3v) is 4.25. The van der Waals surface area contributed by atoms with Crippen molar-refractivity contribution >= 4 is 41.3 Å². The molecule has 0 aromatic heterocycles. The van der Waals surface area contributed by atoms with Crippen molar-refractivity contribution in [2.75, 3.05) is 5.75 Å². The van der Waals surface area contributed by atoms with Crippen LogP contribution in [-0.2, 0) is 14.9 Å². The molecular formula is C10H21NO4S3. The van der Waals surface area contributed by atoms with Crippen LogP contribution in [0.15, 0.2) is 0 Å². The summed E-state index contributed by atoms with van der Waals surface area (Å²) in [5.74, 6) is 0.422. The Hall–Kier alpha value is 0.0800. The Bertz CT molecular complexity index is 345. The van der Waals surface area contributed by atoms with Gasteiger partial charge in [0.05, 0.1) is 0 Å². The number of nitrogens with one attached hydrogen (secondary N) is 1. The molecule has 2 atom stereocenters. The third-order valence-electron chi connectivity index (χ3n) is 2.46. The first-order valence-corrected chi connectivity index (χ1v) is 8.47. The van der Waals surface area contributed by atoms with Crippen LogP contribution in [0.5, 0.6) is 0 Å². The van der Waals surface area contributed by atoms with Crippen LogP contribution in [0, 0.1) is 0 Å². The van der Waals surface area contributed by atoms with Crippen molar-refractivity contribution < 1.29 is 17.8 Å². The molecule has 5 nitrogen and oxygen atoms in total. The van der Waals surface area contributed by atoms with Gasteiger partial charge in [0.25, 0.3) is 10.1 Å². The minimum atomic E-state index is -4.20. The summed E-state index contributed by atoms with van der Waals surface area (Å²) >= 11 is 8.47. The van der Waals surface area contributed by atoms with E-state index < -0.39 is 15.5 Å². The van der Waals surface area contributed by atoms with E-state index in [0.29, 0.717) is 11.7 Å². The van der Waals surface area contributed by atoms with Gasteiger partial charge in [0, 0.05) is 11.7 Å². The highest BCUT2D eigenvalue weighted by atomic mass is 32.2. The molecule has 0 radical (unpaired) electrons. The minimum absolute atomic E-state index is 0.251. The number of hydrogen-bond acceptors (Lipinski definition) is 5. The molecule has 108 valence electrons. The molecule has 0 saturated heterocycles. The first-order chi connectivity index (χ1) is 8.27. The lowest BCUT2D eigenvalue weighted by Gasteiger charge is -2.11. The Morgan fingerprint density at radius 3 is 2.44 bits per heavy atom. The molecule has 0 heterocycles. The van der Waals surface area contributed by atoms with Crippen LogP contribution in [-0.4, -0.2) is 35.3 Å². The molecule has 8 heteroatoms. The van der Waals surface area contributed by atoms with Gasteiger partial charge < -0.3 is 5.32 Å². The Balaban J connectivity index is 3.72. The van der Waals surface area contributed by atoms with Gasteiger partial charge >= 0.3 is 0 Å². The van der Waals surface area contributed by atoms with Crippen LogP contribution < -0.4 is 5.32 Å². The molecule has 0 aliphatic carbocycles. The molecule has 0 rings (SSSR count). The van der Waals surface area contributed by atoms with E-state index in [-0.39, 0.29) is 12.3 Å². The summed E-state index contributed by atoms with van der Waals surface area (Å²) in [6, 6.07) is 0. The van der Waals surface area contributed by atoms with Crippen molar-refractivity contribution in [3.05, 3.63) is 0 Å². The van der Waals surface area contributed by atoms with Gasteiger partial charge in [-0.1, -0.05) is 6.42 Å². The lowest BCUT2D eigenvalue weighted by Crippen LogP contribution is -2.38. The fraction of sp³-hybridized carbons (Fsp3) is 0.900. The molecule has 0 aromatic rings. The van der Waals surface area contributed by atoms with Crippen molar-refractivity contribution in [1.82, 2.24) is 5.32 Å². The van der Waals surface area contributed by atoms with E-state index in [2.05, 4.69) is 30.6 Å². The molecule has 2 unspecified atom stereocenters. The van der Waals surface area contributed by atoms with E-state index in [1.807, 2.05) is 0 Å². The number of hydrogen-bond donors (Lipinski definition) is 4. The largest absolute Gasteiger partial charge is 0.338 e. The van der Waals surface area contributed by atoms with Crippen molar-refractivity contribution in [3.63, 3.8) is 0 Å². The van der Waals surface area contributed by atoms with Crippen LogP contribution >= 0.6 is 25.3 Å². The minimum Gasteiger partial charge on any atom is -0.338 e. The Kier molecular flexibility index (Phi) is 9.10. The third kappa shape index (κ3) is 9.07. The van der Waals surface area contributed by atoms with Gasteiger partial charge in [0.2, 0.25) is 5.91 Å². The summed E-state index contributed by atoms with van der Waals surface area (Å²) in [5, 5.41) is 1.26. The highest BCUT2D eigenvalue weighted by Gasteiger charge is 2.18. The summed E-state index contributed by atoms with van der Waals surface area (Å²) in [4.78, 5) is 11.4. The lowest BCUT2D eigenvalue weighted by atomic mass is 10.1. The second kappa shape index (κ2) is 9.06. The van der Waals surface area contributed by atoms with Crippen LogP contribution in [0.2, 0.25) is 0 Å². The van der Waals surface area contributed by atoms with Crippen LogP contribution in [0.3, 0.4) is 0 Å². The van der Waals surface area contributed by atoms with Gasteiger partial charge in [-0.05, 0) is 31.9 Å². The standard InChI is InChI=1S/C10H21NO4S3/c1-8(18(13,14)15)11-10(12)5-3-2-4-9(17)6-7-16/h8-9,16-17H,2-7H2,1H3,(H,11,12)(H,13,14,15). The molecular weight excluding hydrogens is 294 g/mol. The Labute approximate surface area is 120 Å². The average Bonchev–Trinajstić information content (AvgIpc) is 2.23. The molecule has 0 saturated carbocycles. The van der Waals surface area contributed by atoms with Gasteiger partial charge in [0.15, 0.2) is 5.37 Å². The molecule has 0 aliphatic heterocycles. The maximum absolute atomic E-state index is 11.4. The number of unbranched alkanes of at least 4 members (excludes halogenated alkanes) is 1. The highest BCUT2D eigenvalue weighted by molar-refractivity contribution is 7.86. The Morgan fingerprint density at radius 1 is 1.33 bits per heavy atom. The van der Waals surface area contributed by atoms with E-state index in [1.54, 1.807) is 0 Å². The molecule has 0 aromatic carbocycles. The summed E-state index contributed by atoms with van der Waals surface area (Å²) in [6.07, 6.45) is 3.62. The van der Waals surface area contributed by atoms with Gasteiger partial charge in [-0.3, -0.25) is 9.35 Å². The van der Waals surface area contributed by atoms with Crippen molar-refractivity contribution in [1.29, 1.82) is 0 Å². The number of rotatable bonds is 9. The second-order valence-electron chi connectivity index (χ2n) is 4.14. The number of carbonyl (C=O) groups excluding carboxylic acids is 1. The lowest BCUT2D eigenvalue weighted by molar-refractivity contribution is -0.121. The summed E-state index contributed by atoms with van der Waals surface area (Å²) in [5.41, 5.74) is 0. The predicted molar refractivity (Wildman–Crippen MR) is 78.9 cm³/mol. The van der Waals surface area contributed by atoms with E-state index in [1.165, 1.54) is 6.92 Å². The number of amides is 1. The van der Waals surface area contributed by atoms with Gasteiger partial charge in [-0.25, -0.2) is 0 Å². The van der Waals surface area contributed by atoms with E-state index in [0.717, 1.165) is 25.0 Å². The normalized spacial score (nSPS) is 15.1. The average molecular weight is 315 g/mol. The monoisotopic (exact) mass is 315 g/mol. The SMILES string of the molecule is CC(NC(=O)CCCCC(S)CCS)S(=O)(=O)O. The molecule has 0 bridgehead atoms. The van der Waals surface area contributed by atoms with Crippen LogP contribution in [0.25, 0.3) is 0 Å². The van der Waals surface area contributed by atoms with Crippen molar-refractivity contribution in [2.45, 2.75) is 49.7 Å². The molecule has 1 amide bonds. The van der Waals surface area contributed by atoms with E-state index in [9.17, 15) is 13.2 Å². The zero-order chi connectivity index (χ0) is 14.2. The summed E-state index contributed by atoms with van der Waals surface area (Å²) in [7, 11) is -4.20. The topological polar surface area (TPSA) is 83.5 Å². The first-order valence-electron chi connectivity index (χ1n) is 5.82. The predicted octanol–water partition coefficient (Wildman–Crippen LogP) is 1.52. The van der Waals surface area contributed by atoms with E-state index >= 15 is 0 Å².